The van der Waals surface area contributed by atoms with Gasteiger partial charge in [0, 0.05) is 41.4 Å². The number of nitrogens with one attached hydrogen (secondary N) is 2. The van der Waals surface area contributed by atoms with Crippen LogP contribution in [0.5, 0.6) is 0 Å². The number of pyridine rings is 1. The molecule has 1 fully saturated rings. The second-order valence-electron chi connectivity index (χ2n) is 7.18. The maximum atomic E-state index is 12.8. The summed E-state index contributed by atoms with van der Waals surface area (Å²) < 4.78 is 0. The van der Waals surface area contributed by atoms with Gasteiger partial charge in [-0.1, -0.05) is 18.2 Å². The monoisotopic (exact) mass is 380 g/mol. The number of nitrogens with zero attached hydrogens (tertiary/aromatic N) is 2. The first-order valence-corrected chi connectivity index (χ1v) is 10.1. The van der Waals surface area contributed by atoms with Gasteiger partial charge in [-0.3, -0.25) is 9.59 Å². The fourth-order valence-corrected chi connectivity index (χ4v) is 5.25. The number of fused-ring (bicyclic) bond motifs is 2. The molecule has 1 amide bonds. The largest absolute Gasteiger partial charge is 0.350 e. The number of aromatic amines is 1. The number of amides is 1. The molecule has 27 heavy (non-hydrogen) atoms. The van der Waals surface area contributed by atoms with Gasteiger partial charge in [0.1, 0.15) is 0 Å². The third-order valence-corrected chi connectivity index (χ3v) is 6.68. The van der Waals surface area contributed by atoms with Crippen molar-refractivity contribution in [1.82, 2.24) is 15.3 Å². The Bertz CT molecular complexity index is 1080. The van der Waals surface area contributed by atoms with Crippen LogP contribution >= 0.6 is 11.3 Å². The molecule has 2 aromatic heterocycles. The van der Waals surface area contributed by atoms with Crippen molar-refractivity contribution in [3.63, 3.8) is 0 Å². The minimum atomic E-state index is -0.260. The first kappa shape index (κ1) is 16.5. The van der Waals surface area contributed by atoms with Crippen molar-refractivity contribution in [2.24, 2.45) is 0 Å². The summed E-state index contributed by atoms with van der Waals surface area (Å²) in [6, 6.07) is 9.66. The number of rotatable bonds is 2. The third-order valence-electron chi connectivity index (χ3n) is 5.41. The van der Waals surface area contributed by atoms with Crippen LogP contribution in [0.15, 0.2) is 35.1 Å². The van der Waals surface area contributed by atoms with E-state index in [2.05, 4.69) is 15.2 Å². The molecule has 0 bridgehead atoms. The minimum Gasteiger partial charge on any atom is -0.350 e. The average Bonchev–Trinajstić information content (AvgIpc) is 3.31. The zero-order valence-corrected chi connectivity index (χ0v) is 15.6. The summed E-state index contributed by atoms with van der Waals surface area (Å²) in [6.07, 6.45) is 2.65. The Balaban J connectivity index is 1.64. The predicted octanol–water partition coefficient (Wildman–Crippen LogP) is 2.74. The molecule has 1 atom stereocenters. The molecule has 5 rings (SSSR count). The van der Waals surface area contributed by atoms with Gasteiger partial charge in [-0.15, -0.1) is 11.3 Å². The molecule has 0 saturated carbocycles. The fraction of sp³-hybridized carbons (Fsp3) is 0.350. The second kappa shape index (κ2) is 6.49. The number of H-pyrrole nitrogens is 1. The standard InChI is InChI=1S/C20H20N4O2S/c25-17-10-13(14-9-12-5-1-2-6-15(12)22-19(14)26)18-16(11-21-17)23-20(27-18)24-7-3-4-8-24/h1-2,5-6,9,13H,3-4,7-8,10-11H2,(H,21,25)(H,22,26)/t13-/m1/s1. The van der Waals surface area contributed by atoms with Gasteiger partial charge in [0.2, 0.25) is 5.91 Å². The molecule has 0 spiro atoms. The molecule has 1 aromatic carbocycles. The van der Waals surface area contributed by atoms with E-state index in [4.69, 9.17) is 4.98 Å². The molecule has 138 valence electrons. The van der Waals surface area contributed by atoms with E-state index < -0.39 is 0 Å². The van der Waals surface area contributed by atoms with Crippen LogP contribution in [0.25, 0.3) is 10.9 Å². The van der Waals surface area contributed by atoms with Gasteiger partial charge in [0.25, 0.3) is 5.56 Å². The summed E-state index contributed by atoms with van der Waals surface area (Å²) in [5, 5.41) is 4.92. The van der Waals surface area contributed by atoms with Gasteiger partial charge in [-0.25, -0.2) is 4.98 Å². The smallest absolute Gasteiger partial charge is 0.252 e. The van der Waals surface area contributed by atoms with Crippen molar-refractivity contribution in [2.45, 2.75) is 31.7 Å². The van der Waals surface area contributed by atoms with Gasteiger partial charge in [0.05, 0.1) is 12.2 Å². The molecule has 0 unspecified atom stereocenters. The highest BCUT2D eigenvalue weighted by molar-refractivity contribution is 7.15. The zero-order chi connectivity index (χ0) is 18.4. The summed E-state index contributed by atoms with van der Waals surface area (Å²) in [5.74, 6) is -0.301. The molecule has 1 saturated heterocycles. The number of para-hydroxylation sites is 1. The van der Waals surface area contributed by atoms with Crippen molar-refractivity contribution in [3.8, 4) is 0 Å². The zero-order valence-electron chi connectivity index (χ0n) is 14.8. The highest BCUT2D eigenvalue weighted by Gasteiger charge is 2.31. The van der Waals surface area contributed by atoms with Crippen molar-refractivity contribution in [1.29, 1.82) is 0 Å². The normalized spacial score (nSPS) is 19.8. The van der Waals surface area contributed by atoms with Crippen LogP contribution < -0.4 is 15.8 Å². The molecule has 7 heteroatoms. The average molecular weight is 380 g/mol. The lowest BCUT2D eigenvalue weighted by molar-refractivity contribution is -0.121. The number of anilines is 1. The Morgan fingerprint density at radius 1 is 1.15 bits per heavy atom. The topological polar surface area (TPSA) is 78.1 Å². The quantitative estimate of drug-likeness (QED) is 0.717. The van der Waals surface area contributed by atoms with Crippen molar-refractivity contribution >= 4 is 33.3 Å². The summed E-state index contributed by atoms with van der Waals surface area (Å²) in [5.41, 5.74) is 2.22. The lowest BCUT2D eigenvalue weighted by atomic mass is 9.93. The van der Waals surface area contributed by atoms with E-state index in [1.807, 2.05) is 30.3 Å². The number of carbonyl (C=O) groups is 1. The number of aromatic nitrogens is 2. The second-order valence-corrected chi connectivity index (χ2v) is 8.19. The number of thiazole rings is 1. The van der Waals surface area contributed by atoms with Gasteiger partial charge in [0.15, 0.2) is 5.13 Å². The summed E-state index contributed by atoms with van der Waals surface area (Å²) in [7, 11) is 0. The van der Waals surface area contributed by atoms with Crippen molar-refractivity contribution in [3.05, 3.63) is 56.8 Å². The lowest BCUT2D eigenvalue weighted by Crippen LogP contribution is -2.23. The molecule has 6 nitrogen and oxygen atoms in total. The van der Waals surface area contributed by atoms with E-state index in [-0.39, 0.29) is 23.8 Å². The SMILES string of the molecule is O=C1C[C@H](c2cc3ccccc3[nH]c2=O)c2sc(N3CCCC3)nc2CN1. The van der Waals surface area contributed by atoms with Gasteiger partial charge in [-0.2, -0.15) is 0 Å². The first-order chi connectivity index (χ1) is 13.2. The van der Waals surface area contributed by atoms with Crippen LogP contribution in [0, 0.1) is 0 Å². The number of benzene rings is 1. The van der Waals surface area contributed by atoms with Crippen LogP contribution in [0.3, 0.4) is 0 Å². The van der Waals surface area contributed by atoms with Crippen LogP contribution in [-0.4, -0.2) is 29.0 Å². The Labute approximate surface area is 160 Å². The molecular formula is C20H20N4O2S. The van der Waals surface area contributed by atoms with Crippen molar-refractivity contribution in [2.75, 3.05) is 18.0 Å². The predicted molar refractivity (Wildman–Crippen MR) is 106 cm³/mol. The first-order valence-electron chi connectivity index (χ1n) is 9.32. The Morgan fingerprint density at radius 2 is 1.96 bits per heavy atom. The summed E-state index contributed by atoms with van der Waals surface area (Å²) in [6.45, 7) is 2.49. The number of hydrogen-bond donors (Lipinski definition) is 2. The molecule has 2 N–H and O–H groups in total. The van der Waals surface area contributed by atoms with Gasteiger partial charge >= 0.3 is 0 Å². The Morgan fingerprint density at radius 3 is 2.81 bits per heavy atom. The fourth-order valence-electron chi connectivity index (χ4n) is 4.00. The highest BCUT2D eigenvalue weighted by Crippen LogP contribution is 2.39. The van der Waals surface area contributed by atoms with Crippen LogP contribution in [-0.2, 0) is 11.3 Å². The van der Waals surface area contributed by atoms with Crippen LogP contribution in [0.2, 0.25) is 0 Å². The summed E-state index contributed by atoms with van der Waals surface area (Å²) in [4.78, 5) is 36.2. The van der Waals surface area contributed by atoms with Crippen molar-refractivity contribution < 1.29 is 4.79 Å². The van der Waals surface area contributed by atoms with E-state index in [0.717, 1.165) is 39.7 Å². The Kier molecular flexibility index (Phi) is 3.97. The number of hydrogen-bond acceptors (Lipinski definition) is 5. The van der Waals surface area contributed by atoms with Gasteiger partial charge < -0.3 is 15.2 Å². The van der Waals surface area contributed by atoms with Gasteiger partial charge in [-0.05, 0) is 30.4 Å². The van der Waals surface area contributed by atoms with Crippen LogP contribution in [0.1, 0.15) is 41.3 Å². The maximum Gasteiger partial charge on any atom is 0.252 e. The molecule has 4 heterocycles. The molecule has 2 aliphatic heterocycles. The minimum absolute atomic E-state index is 0.0412. The molecule has 0 aliphatic carbocycles. The summed E-state index contributed by atoms with van der Waals surface area (Å²) >= 11 is 1.63. The molecular weight excluding hydrogens is 360 g/mol. The molecule has 0 radical (unpaired) electrons. The maximum absolute atomic E-state index is 12.8. The van der Waals surface area contributed by atoms with E-state index in [0.29, 0.717) is 12.1 Å². The number of carbonyl (C=O) groups excluding carboxylic acids is 1. The van der Waals surface area contributed by atoms with Crippen LogP contribution in [0.4, 0.5) is 5.13 Å². The van der Waals surface area contributed by atoms with E-state index in [1.165, 1.54) is 12.8 Å². The van der Waals surface area contributed by atoms with E-state index in [1.54, 1.807) is 11.3 Å². The van der Waals surface area contributed by atoms with E-state index >= 15 is 0 Å². The molecule has 3 aromatic rings. The third kappa shape index (κ3) is 2.92. The molecule has 2 aliphatic rings. The Hall–Kier alpha value is -2.67. The lowest BCUT2D eigenvalue weighted by Gasteiger charge is -2.15. The highest BCUT2D eigenvalue weighted by atomic mass is 32.1. The van der Waals surface area contributed by atoms with E-state index in [9.17, 15) is 9.59 Å².